The second kappa shape index (κ2) is 5.65. The molecular formula is C14H17ClFN. The van der Waals surface area contributed by atoms with Crippen LogP contribution in [0.2, 0.25) is 5.02 Å². The van der Waals surface area contributed by atoms with E-state index < -0.39 is 0 Å². The molecular weight excluding hydrogens is 237 g/mol. The van der Waals surface area contributed by atoms with Crippen LogP contribution in [0, 0.1) is 5.82 Å². The number of likely N-dealkylation sites (N-methyl/N-ethyl adjacent to an activating group) is 1. The SMILES string of the molecule is CNC(Cc1c(F)cccc1Cl)C1=CCCC1. The van der Waals surface area contributed by atoms with Crippen LogP contribution in [0.1, 0.15) is 24.8 Å². The minimum Gasteiger partial charge on any atom is -0.313 e. The van der Waals surface area contributed by atoms with Crippen molar-refractivity contribution in [1.82, 2.24) is 5.32 Å². The van der Waals surface area contributed by atoms with Crippen molar-refractivity contribution in [1.29, 1.82) is 0 Å². The van der Waals surface area contributed by atoms with Crippen molar-refractivity contribution in [2.45, 2.75) is 31.7 Å². The van der Waals surface area contributed by atoms with Gasteiger partial charge in [-0.05, 0) is 44.9 Å². The van der Waals surface area contributed by atoms with E-state index in [2.05, 4.69) is 11.4 Å². The first kappa shape index (κ1) is 12.6. The fourth-order valence-electron chi connectivity index (χ4n) is 2.36. The van der Waals surface area contributed by atoms with E-state index in [-0.39, 0.29) is 11.9 Å². The molecule has 0 aromatic heterocycles. The summed E-state index contributed by atoms with van der Waals surface area (Å²) in [6.45, 7) is 0. The van der Waals surface area contributed by atoms with Gasteiger partial charge in [-0.3, -0.25) is 0 Å². The monoisotopic (exact) mass is 253 g/mol. The van der Waals surface area contributed by atoms with E-state index in [0.717, 1.165) is 12.8 Å². The summed E-state index contributed by atoms with van der Waals surface area (Å²) >= 11 is 6.05. The normalized spacial score (nSPS) is 17.0. The van der Waals surface area contributed by atoms with E-state index in [1.807, 2.05) is 7.05 Å². The molecule has 1 aliphatic rings. The molecule has 0 aliphatic heterocycles. The van der Waals surface area contributed by atoms with E-state index in [1.54, 1.807) is 12.1 Å². The van der Waals surface area contributed by atoms with Gasteiger partial charge >= 0.3 is 0 Å². The number of hydrogen-bond acceptors (Lipinski definition) is 1. The second-order valence-electron chi connectivity index (χ2n) is 4.42. The number of benzene rings is 1. The summed E-state index contributed by atoms with van der Waals surface area (Å²) in [6.07, 6.45) is 6.33. The molecule has 1 nitrogen and oxygen atoms in total. The quantitative estimate of drug-likeness (QED) is 0.807. The maximum Gasteiger partial charge on any atom is 0.127 e. The molecule has 0 radical (unpaired) electrons. The smallest absolute Gasteiger partial charge is 0.127 e. The summed E-state index contributed by atoms with van der Waals surface area (Å²) in [5, 5.41) is 3.77. The van der Waals surface area contributed by atoms with Crippen molar-refractivity contribution in [3.8, 4) is 0 Å². The van der Waals surface area contributed by atoms with Crippen LogP contribution < -0.4 is 5.32 Å². The first-order valence-corrected chi connectivity index (χ1v) is 6.39. The third kappa shape index (κ3) is 2.88. The zero-order valence-electron chi connectivity index (χ0n) is 9.97. The highest BCUT2D eigenvalue weighted by atomic mass is 35.5. The van der Waals surface area contributed by atoms with Gasteiger partial charge in [0.05, 0.1) is 0 Å². The molecule has 1 N–H and O–H groups in total. The van der Waals surface area contributed by atoms with Gasteiger partial charge in [0.1, 0.15) is 5.82 Å². The topological polar surface area (TPSA) is 12.0 Å². The highest BCUT2D eigenvalue weighted by molar-refractivity contribution is 6.31. The fourth-order valence-corrected chi connectivity index (χ4v) is 2.60. The van der Waals surface area contributed by atoms with Gasteiger partial charge in [0, 0.05) is 16.6 Å². The van der Waals surface area contributed by atoms with Crippen LogP contribution >= 0.6 is 11.6 Å². The Labute approximate surface area is 107 Å². The molecule has 1 atom stereocenters. The molecule has 0 fully saturated rings. The molecule has 0 saturated heterocycles. The molecule has 1 unspecified atom stereocenters. The van der Waals surface area contributed by atoms with Crippen LogP contribution in [-0.2, 0) is 6.42 Å². The van der Waals surface area contributed by atoms with Crippen LogP contribution in [-0.4, -0.2) is 13.1 Å². The van der Waals surface area contributed by atoms with Crippen molar-refractivity contribution in [2.75, 3.05) is 7.05 Å². The lowest BCUT2D eigenvalue weighted by atomic mass is 9.98. The van der Waals surface area contributed by atoms with Gasteiger partial charge in [-0.1, -0.05) is 29.3 Å². The number of allylic oxidation sites excluding steroid dienone is 1. The molecule has 0 bridgehead atoms. The highest BCUT2D eigenvalue weighted by Gasteiger charge is 2.18. The molecule has 0 heterocycles. The fraction of sp³-hybridized carbons (Fsp3) is 0.429. The van der Waals surface area contributed by atoms with Crippen LogP contribution in [0.5, 0.6) is 0 Å². The molecule has 92 valence electrons. The van der Waals surface area contributed by atoms with Crippen molar-refractivity contribution in [3.63, 3.8) is 0 Å². The number of rotatable bonds is 4. The summed E-state index contributed by atoms with van der Waals surface area (Å²) < 4.78 is 13.7. The first-order chi connectivity index (χ1) is 8.22. The average Bonchev–Trinajstić information content (AvgIpc) is 2.82. The lowest BCUT2D eigenvalue weighted by Gasteiger charge is -2.19. The van der Waals surface area contributed by atoms with E-state index >= 15 is 0 Å². The average molecular weight is 254 g/mol. The summed E-state index contributed by atoms with van der Waals surface area (Å²) in [5.74, 6) is -0.212. The molecule has 3 heteroatoms. The summed E-state index contributed by atoms with van der Waals surface area (Å²) in [7, 11) is 1.92. The molecule has 1 aromatic rings. The van der Waals surface area contributed by atoms with Gasteiger partial charge in [-0.2, -0.15) is 0 Å². The zero-order chi connectivity index (χ0) is 12.3. The van der Waals surface area contributed by atoms with E-state index in [9.17, 15) is 4.39 Å². The van der Waals surface area contributed by atoms with E-state index in [1.165, 1.54) is 18.1 Å². The van der Waals surface area contributed by atoms with Gasteiger partial charge in [0.15, 0.2) is 0 Å². The van der Waals surface area contributed by atoms with Crippen molar-refractivity contribution < 1.29 is 4.39 Å². The zero-order valence-corrected chi connectivity index (χ0v) is 10.7. The van der Waals surface area contributed by atoms with Gasteiger partial charge in [-0.25, -0.2) is 4.39 Å². The van der Waals surface area contributed by atoms with Crippen LogP contribution in [0.25, 0.3) is 0 Å². The predicted octanol–water partition coefficient (Wildman–Crippen LogP) is 3.72. The third-order valence-corrected chi connectivity index (χ3v) is 3.70. The Morgan fingerprint density at radius 2 is 2.29 bits per heavy atom. The lowest BCUT2D eigenvalue weighted by molar-refractivity contribution is 0.569. The Kier molecular flexibility index (Phi) is 4.19. The standard InChI is InChI=1S/C14H17ClFN/c1-17-14(10-5-2-3-6-10)9-11-12(15)7-4-8-13(11)16/h4-5,7-8,14,17H,2-3,6,9H2,1H3. The first-order valence-electron chi connectivity index (χ1n) is 6.01. The van der Waals surface area contributed by atoms with Crippen molar-refractivity contribution in [2.24, 2.45) is 0 Å². The maximum atomic E-state index is 13.7. The minimum atomic E-state index is -0.212. The Balaban J connectivity index is 2.18. The second-order valence-corrected chi connectivity index (χ2v) is 4.82. The van der Waals surface area contributed by atoms with Gasteiger partial charge < -0.3 is 5.32 Å². The number of halogens is 2. The maximum absolute atomic E-state index is 13.7. The highest BCUT2D eigenvalue weighted by Crippen LogP contribution is 2.26. The largest absolute Gasteiger partial charge is 0.313 e. The molecule has 17 heavy (non-hydrogen) atoms. The molecule has 0 spiro atoms. The van der Waals surface area contributed by atoms with Crippen LogP contribution in [0.15, 0.2) is 29.8 Å². The molecule has 2 rings (SSSR count). The summed E-state index contributed by atoms with van der Waals surface area (Å²) in [5.41, 5.74) is 1.99. The van der Waals surface area contributed by atoms with E-state index in [0.29, 0.717) is 17.0 Å². The Morgan fingerprint density at radius 3 is 2.88 bits per heavy atom. The van der Waals surface area contributed by atoms with Crippen molar-refractivity contribution in [3.05, 3.63) is 46.3 Å². The third-order valence-electron chi connectivity index (χ3n) is 3.34. The Hall–Kier alpha value is -0.860. The van der Waals surface area contributed by atoms with E-state index in [4.69, 9.17) is 11.6 Å². The van der Waals surface area contributed by atoms with Gasteiger partial charge in [0.2, 0.25) is 0 Å². The summed E-state index contributed by atoms with van der Waals surface area (Å²) in [4.78, 5) is 0. The Bertz CT molecular complexity index is 408. The predicted molar refractivity (Wildman–Crippen MR) is 69.9 cm³/mol. The van der Waals surface area contributed by atoms with Gasteiger partial charge in [0.25, 0.3) is 0 Å². The van der Waals surface area contributed by atoms with Crippen molar-refractivity contribution >= 4 is 11.6 Å². The molecule has 0 saturated carbocycles. The minimum absolute atomic E-state index is 0.201. The molecule has 0 amide bonds. The molecule has 1 aliphatic carbocycles. The molecule has 1 aromatic carbocycles. The Morgan fingerprint density at radius 1 is 1.47 bits per heavy atom. The number of hydrogen-bond donors (Lipinski definition) is 1. The van der Waals surface area contributed by atoms with Gasteiger partial charge in [-0.15, -0.1) is 0 Å². The summed E-state index contributed by atoms with van der Waals surface area (Å²) in [6, 6.07) is 5.06. The van der Waals surface area contributed by atoms with Crippen LogP contribution in [0.3, 0.4) is 0 Å². The number of nitrogens with one attached hydrogen (secondary N) is 1. The lowest BCUT2D eigenvalue weighted by Crippen LogP contribution is -2.29. The van der Waals surface area contributed by atoms with Crippen LogP contribution in [0.4, 0.5) is 4.39 Å².